The molecule has 3 unspecified atom stereocenters. The number of hydrogen-bond donors (Lipinski definition) is 1. The number of aliphatic hydroxyl groups is 1. The lowest BCUT2D eigenvalue weighted by Gasteiger charge is -2.61. The molecule has 3 atom stereocenters. The lowest BCUT2D eigenvalue weighted by atomic mass is 9.64. The standard InChI is InChI=1S/C16H29NO3/c1-10(2)13-6-12-7-14(11(3)4)17(13)16(8-18,9-20-5)15(12)19/h10-14,18H,6-9H2,1-5H3. The fourth-order valence-electron chi connectivity index (χ4n) is 4.28. The molecule has 4 nitrogen and oxygen atoms in total. The summed E-state index contributed by atoms with van der Waals surface area (Å²) in [6, 6.07) is 0.724. The number of ether oxygens (including phenoxy) is 1. The Balaban J connectivity index is 2.46. The van der Waals surface area contributed by atoms with Gasteiger partial charge >= 0.3 is 0 Å². The van der Waals surface area contributed by atoms with Crippen LogP contribution < -0.4 is 0 Å². The number of rotatable bonds is 5. The van der Waals surface area contributed by atoms with E-state index in [1.165, 1.54) is 0 Å². The molecular weight excluding hydrogens is 254 g/mol. The Morgan fingerprint density at radius 1 is 1.25 bits per heavy atom. The zero-order valence-electron chi connectivity index (χ0n) is 13.4. The van der Waals surface area contributed by atoms with Crippen LogP contribution in [0.5, 0.6) is 0 Å². The van der Waals surface area contributed by atoms with Gasteiger partial charge in [-0.15, -0.1) is 0 Å². The molecule has 1 N–H and O–H groups in total. The molecule has 3 rings (SSSR count). The minimum atomic E-state index is -0.820. The molecule has 3 aliphatic heterocycles. The van der Waals surface area contributed by atoms with Crippen LogP contribution in [0.3, 0.4) is 0 Å². The molecule has 3 heterocycles. The Morgan fingerprint density at radius 3 is 2.10 bits per heavy atom. The van der Waals surface area contributed by atoms with Gasteiger partial charge in [-0.2, -0.15) is 0 Å². The van der Waals surface area contributed by atoms with Crippen LogP contribution in [0.25, 0.3) is 0 Å². The summed E-state index contributed by atoms with van der Waals surface area (Å²) in [6.45, 7) is 9.00. The van der Waals surface area contributed by atoms with E-state index in [0.29, 0.717) is 30.5 Å². The van der Waals surface area contributed by atoms with Crippen LogP contribution in [-0.4, -0.2) is 53.7 Å². The molecular formula is C16H29NO3. The fraction of sp³-hybridized carbons (Fsp3) is 0.938. The summed E-state index contributed by atoms with van der Waals surface area (Å²) in [7, 11) is 1.61. The topological polar surface area (TPSA) is 49.8 Å². The summed E-state index contributed by atoms with van der Waals surface area (Å²) in [6.07, 6.45) is 1.87. The van der Waals surface area contributed by atoms with Gasteiger partial charge in [-0.3, -0.25) is 9.69 Å². The summed E-state index contributed by atoms with van der Waals surface area (Å²) in [5.74, 6) is 1.24. The lowest BCUT2D eigenvalue weighted by molar-refractivity contribution is -0.183. The first kappa shape index (κ1) is 15.9. The minimum absolute atomic E-state index is 0.0853. The SMILES string of the molecule is COCC1(CO)C(=O)C2CC(C(C)C)N1C(C(C)C)C2. The van der Waals surface area contributed by atoms with Crippen LogP contribution >= 0.6 is 0 Å². The number of fused-ring (bicyclic) bond motifs is 3. The molecule has 3 saturated heterocycles. The Hall–Kier alpha value is -0.450. The molecule has 4 heteroatoms. The van der Waals surface area contributed by atoms with E-state index >= 15 is 0 Å². The van der Waals surface area contributed by atoms with Crippen molar-refractivity contribution in [2.24, 2.45) is 17.8 Å². The van der Waals surface area contributed by atoms with Gasteiger partial charge in [0.25, 0.3) is 0 Å². The van der Waals surface area contributed by atoms with Crippen molar-refractivity contribution in [1.29, 1.82) is 0 Å². The molecule has 116 valence electrons. The van der Waals surface area contributed by atoms with E-state index < -0.39 is 5.54 Å². The van der Waals surface area contributed by atoms with Gasteiger partial charge in [-0.05, 0) is 24.7 Å². The van der Waals surface area contributed by atoms with Crippen molar-refractivity contribution in [3.05, 3.63) is 0 Å². The molecule has 0 saturated carbocycles. The molecule has 0 spiro atoms. The normalized spacial score (nSPS) is 40.9. The van der Waals surface area contributed by atoms with Gasteiger partial charge in [0.2, 0.25) is 0 Å². The number of carbonyl (C=O) groups is 1. The third kappa shape index (κ3) is 2.22. The number of methoxy groups -OCH3 is 1. The lowest BCUT2D eigenvalue weighted by Crippen LogP contribution is -2.76. The zero-order chi connectivity index (χ0) is 15.1. The molecule has 0 aliphatic carbocycles. The number of Topliss-reactive ketones (excluding diaryl/α,β-unsaturated/α-hetero) is 1. The maximum atomic E-state index is 12.8. The van der Waals surface area contributed by atoms with Crippen LogP contribution in [0.4, 0.5) is 0 Å². The maximum absolute atomic E-state index is 12.8. The van der Waals surface area contributed by atoms with Gasteiger partial charge in [-0.25, -0.2) is 0 Å². The van der Waals surface area contributed by atoms with Crippen LogP contribution in [-0.2, 0) is 9.53 Å². The molecule has 3 aliphatic rings. The molecule has 0 aromatic heterocycles. The number of aliphatic hydroxyl groups excluding tert-OH is 1. The largest absolute Gasteiger partial charge is 0.394 e. The minimum Gasteiger partial charge on any atom is -0.394 e. The summed E-state index contributed by atoms with van der Waals surface area (Å²) in [4.78, 5) is 15.1. The first-order chi connectivity index (χ1) is 9.39. The molecule has 3 fully saturated rings. The highest BCUT2D eigenvalue weighted by atomic mass is 16.5. The molecule has 0 aromatic carbocycles. The quantitative estimate of drug-likeness (QED) is 0.834. The third-order valence-corrected chi connectivity index (χ3v) is 5.27. The van der Waals surface area contributed by atoms with Gasteiger partial charge in [0.05, 0.1) is 13.2 Å². The van der Waals surface area contributed by atoms with Crippen LogP contribution in [0.15, 0.2) is 0 Å². The molecule has 2 bridgehead atoms. The highest BCUT2D eigenvalue weighted by Gasteiger charge is 2.60. The van der Waals surface area contributed by atoms with E-state index in [4.69, 9.17) is 4.74 Å². The predicted octanol–water partition coefficient (Wildman–Crippen LogP) is 1.71. The van der Waals surface area contributed by atoms with Crippen molar-refractivity contribution in [2.75, 3.05) is 20.3 Å². The van der Waals surface area contributed by atoms with E-state index in [-0.39, 0.29) is 18.3 Å². The van der Waals surface area contributed by atoms with E-state index in [1.807, 2.05) is 0 Å². The van der Waals surface area contributed by atoms with E-state index in [1.54, 1.807) is 7.11 Å². The zero-order valence-corrected chi connectivity index (χ0v) is 13.4. The Morgan fingerprint density at radius 2 is 1.75 bits per heavy atom. The molecule has 0 amide bonds. The van der Waals surface area contributed by atoms with Crippen LogP contribution in [0.1, 0.15) is 40.5 Å². The van der Waals surface area contributed by atoms with Crippen LogP contribution in [0.2, 0.25) is 0 Å². The summed E-state index contributed by atoms with van der Waals surface area (Å²) < 4.78 is 5.33. The maximum Gasteiger partial charge on any atom is 0.161 e. The number of piperidine rings is 3. The van der Waals surface area contributed by atoms with Crippen molar-refractivity contribution < 1.29 is 14.6 Å². The summed E-state index contributed by atoms with van der Waals surface area (Å²) in [5, 5.41) is 10.0. The highest BCUT2D eigenvalue weighted by molar-refractivity contribution is 5.92. The average Bonchev–Trinajstić information content (AvgIpc) is 2.42. The van der Waals surface area contributed by atoms with Crippen LogP contribution in [0, 0.1) is 17.8 Å². The molecule has 20 heavy (non-hydrogen) atoms. The van der Waals surface area contributed by atoms with Gasteiger partial charge in [0.15, 0.2) is 5.78 Å². The predicted molar refractivity (Wildman–Crippen MR) is 78.5 cm³/mol. The van der Waals surface area contributed by atoms with Crippen molar-refractivity contribution in [3.63, 3.8) is 0 Å². The van der Waals surface area contributed by atoms with Crippen molar-refractivity contribution in [1.82, 2.24) is 4.90 Å². The van der Waals surface area contributed by atoms with E-state index in [2.05, 4.69) is 32.6 Å². The van der Waals surface area contributed by atoms with Gasteiger partial charge in [0.1, 0.15) is 5.54 Å². The second-order valence-electron chi connectivity index (χ2n) is 7.19. The molecule has 0 radical (unpaired) electrons. The first-order valence-electron chi connectivity index (χ1n) is 7.81. The molecule has 0 aromatic rings. The number of ketones is 1. The smallest absolute Gasteiger partial charge is 0.161 e. The third-order valence-electron chi connectivity index (χ3n) is 5.27. The first-order valence-corrected chi connectivity index (χ1v) is 7.81. The number of hydrogen-bond acceptors (Lipinski definition) is 4. The number of carbonyl (C=O) groups excluding carboxylic acids is 1. The fourth-order valence-corrected chi connectivity index (χ4v) is 4.28. The van der Waals surface area contributed by atoms with E-state index in [9.17, 15) is 9.90 Å². The van der Waals surface area contributed by atoms with Gasteiger partial charge in [0, 0.05) is 25.1 Å². The highest BCUT2D eigenvalue weighted by Crippen LogP contribution is 2.47. The monoisotopic (exact) mass is 283 g/mol. The van der Waals surface area contributed by atoms with Gasteiger partial charge in [-0.1, -0.05) is 27.7 Å². The van der Waals surface area contributed by atoms with Crippen molar-refractivity contribution >= 4 is 5.78 Å². The number of nitrogens with zero attached hydrogens (tertiary/aromatic N) is 1. The Labute approximate surface area is 122 Å². The Kier molecular flexibility index (Phi) is 4.57. The van der Waals surface area contributed by atoms with Gasteiger partial charge < -0.3 is 9.84 Å². The summed E-state index contributed by atoms with van der Waals surface area (Å²) in [5.41, 5.74) is -0.820. The van der Waals surface area contributed by atoms with Crippen molar-refractivity contribution in [2.45, 2.75) is 58.2 Å². The Bertz CT molecular complexity index is 351. The average molecular weight is 283 g/mol. The second kappa shape index (κ2) is 5.74. The summed E-state index contributed by atoms with van der Waals surface area (Å²) >= 11 is 0. The second-order valence-corrected chi connectivity index (χ2v) is 7.19. The van der Waals surface area contributed by atoms with E-state index in [0.717, 1.165) is 12.8 Å². The van der Waals surface area contributed by atoms with Crippen molar-refractivity contribution in [3.8, 4) is 0 Å².